The van der Waals surface area contributed by atoms with Gasteiger partial charge >= 0.3 is 5.63 Å². The van der Waals surface area contributed by atoms with Crippen molar-refractivity contribution in [1.82, 2.24) is 0 Å². The summed E-state index contributed by atoms with van der Waals surface area (Å²) in [5, 5.41) is 16.0. The van der Waals surface area contributed by atoms with Crippen LogP contribution in [0.25, 0.3) is 21.7 Å². The van der Waals surface area contributed by atoms with Crippen LogP contribution in [0, 0.1) is 0 Å². The zero-order valence-electron chi connectivity index (χ0n) is 12.8. The van der Waals surface area contributed by atoms with Crippen molar-refractivity contribution in [2.75, 3.05) is 5.32 Å². The van der Waals surface area contributed by atoms with Crippen molar-refractivity contribution in [3.63, 3.8) is 0 Å². The molecule has 4 aromatic rings. The summed E-state index contributed by atoms with van der Waals surface area (Å²) in [5.41, 5.74) is 0.982. The first-order valence-electron chi connectivity index (χ1n) is 7.69. The maximum absolute atomic E-state index is 12.4. The molecule has 0 aliphatic rings. The average molecular weight is 317 g/mol. The Bertz CT molecular complexity index is 1080. The third kappa shape index (κ3) is 2.38. The highest BCUT2D eigenvalue weighted by Crippen LogP contribution is 2.32. The molecule has 0 aliphatic carbocycles. The Morgan fingerprint density at radius 2 is 1.62 bits per heavy atom. The molecule has 4 heteroatoms. The first kappa shape index (κ1) is 14.3. The topological polar surface area (TPSA) is 62.5 Å². The molecule has 1 heterocycles. The van der Waals surface area contributed by atoms with E-state index >= 15 is 0 Å². The van der Waals surface area contributed by atoms with Crippen LogP contribution in [-0.2, 0) is 6.54 Å². The predicted molar refractivity (Wildman–Crippen MR) is 95.4 cm³/mol. The first-order valence-corrected chi connectivity index (χ1v) is 7.69. The lowest BCUT2D eigenvalue weighted by Gasteiger charge is -2.10. The zero-order chi connectivity index (χ0) is 16.5. The smallest absolute Gasteiger partial charge is 0.345 e. The molecule has 1 aromatic heterocycles. The van der Waals surface area contributed by atoms with Gasteiger partial charge in [0.05, 0.1) is 17.5 Å². The maximum Gasteiger partial charge on any atom is 0.345 e. The van der Waals surface area contributed by atoms with Gasteiger partial charge in [-0.2, -0.15) is 0 Å². The number of para-hydroxylation sites is 1. The number of hydrogen-bond acceptors (Lipinski definition) is 4. The van der Waals surface area contributed by atoms with Gasteiger partial charge in [0, 0.05) is 11.1 Å². The molecule has 0 amide bonds. The number of rotatable bonds is 3. The van der Waals surface area contributed by atoms with Crippen LogP contribution in [0.15, 0.2) is 75.9 Å². The molecule has 0 atom stereocenters. The van der Waals surface area contributed by atoms with Gasteiger partial charge in [0.25, 0.3) is 0 Å². The fourth-order valence-electron chi connectivity index (χ4n) is 2.86. The molecular formula is C20H15NO3. The molecular weight excluding hydrogens is 302 g/mol. The van der Waals surface area contributed by atoms with Crippen molar-refractivity contribution >= 4 is 27.4 Å². The molecule has 0 spiro atoms. The lowest BCUT2D eigenvalue weighted by molar-refractivity contribution is 0.459. The minimum absolute atomic E-state index is 0.0320. The quantitative estimate of drug-likeness (QED) is 0.438. The highest BCUT2D eigenvalue weighted by Gasteiger charge is 2.15. The number of anilines is 1. The summed E-state index contributed by atoms with van der Waals surface area (Å²) < 4.78 is 5.52. The van der Waals surface area contributed by atoms with Crippen LogP contribution in [0.1, 0.15) is 5.56 Å². The van der Waals surface area contributed by atoms with E-state index in [1.165, 1.54) is 0 Å². The summed E-state index contributed by atoms with van der Waals surface area (Å²) in [5.74, 6) is -0.0320. The Hall–Kier alpha value is -3.27. The van der Waals surface area contributed by atoms with Crippen molar-refractivity contribution in [1.29, 1.82) is 0 Å². The van der Waals surface area contributed by atoms with E-state index in [4.69, 9.17) is 4.42 Å². The molecule has 0 saturated carbocycles. The Labute approximate surface area is 138 Å². The molecule has 118 valence electrons. The highest BCUT2D eigenvalue weighted by molar-refractivity contribution is 6.06. The van der Waals surface area contributed by atoms with Crippen molar-refractivity contribution in [2.45, 2.75) is 6.54 Å². The summed E-state index contributed by atoms with van der Waals surface area (Å²) in [6.45, 7) is 0.195. The second kappa shape index (κ2) is 5.74. The van der Waals surface area contributed by atoms with E-state index in [1.54, 1.807) is 6.07 Å². The molecule has 0 radical (unpaired) electrons. The SMILES string of the molecule is O=c1oc2c(ccc3ccccc32)c(O)c1CNc1ccccc1. The fourth-order valence-corrected chi connectivity index (χ4v) is 2.86. The Morgan fingerprint density at radius 3 is 2.46 bits per heavy atom. The molecule has 0 unspecified atom stereocenters. The first-order chi connectivity index (χ1) is 11.7. The maximum atomic E-state index is 12.4. The summed E-state index contributed by atoms with van der Waals surface area (Å²) in [4.78, 5) is 12.4. The molecule has 3 aromatic carbocycles. The molecule has 24 heavy (non-hydrogen) atoms. The van der Waals surface area contributed by atoms with Gasteiger partial charge in [0.2, 0.25) is 0 Å². The van der Waals surface area contributed by atoms with Crippen molar-refractivity contribution in [3.05, 3.63) is 82.7 Å². The normalized spacial score (nSPS) is 11.0. The van der Waals surface area contributed by atoms with E-state index in [2.05, 4.69) is 5.32 Å². The molecule has 0 aliphatic heterocycles. The summed E-state index contributed by atoms with van der Waals surface area (Å²) in [7, 11) is 0. The highest BCUT2D eigenvalue weighted by atomic mass is 16.4. The molecule has 0 fully saturated rings. The lowest BCUT2D eigenvalue weighted by atomic mass is 10.1. The van der Waals surface area contributed by atoms with E-state index in [9.17, 15) is 9.90 Å². The summed E-state index contributed by atoms with van der Waals surface area (Å²) in [6.07, 6.45) is 0. The van der Waals surface area contributed by atoms with Crippen molar-refractivity contribution < 1.29 is 9.52 Å². The molecule has 2 N–H and O–H groups in total. The summed E-state index contributed by atoms with van der Waals surface area (Å²) in [6, 6.07) is 20.8. The van der Waals surface area contributed by atoms with E-state index in [0.717, 1.165) is 16.5 Å². The molecule has 0 bridgehead atoms. The Morgan fingerprint density at radius 1 is 0.875 bits per heavy atom. The Balaban J connectivity index is 1.82. The van der Waals surface area contributed by atoms with Crippen LogP contribution < -0.4 is 10.9 Å². The Kier molecular flexibility index (Phi) is 3.43. The fraction of sp³-hybridized carbons (Fsp3) is 0.0500. The van der Waals surface area contributed by atoms with E-state index in [-0.39, 0.29) is 17.9 Å². The van der Waals surface area contributed by atoms with Gasteiger partial charge < -0.3 is 14.8 Å². The molecule has 4 rings (SSSR count). The van der Waals surface area contributed by atoms with Gasteiger partial charge in [-0.05, 0) is 23.6 Å². The van der Waals surface area contributed by atoms with Gasteiger partial charge in [-0.1, -0.05) is 48.5 Å². The number of benzene rings is 3. The number of nitrogens with one attached hydrogen (secondary N) is 1. The van der Waals surface area contributed by atoms with Crippen LogP contribution in [0.4, 0.5) is 5.69 Å². The van der Waals surface area contributed by atoms with Crippen LogP contribution in [0.5, 0.6) is 5.75 Å². The van der Waals surface area contributed by atoms with Gasteiger partial charge in [-0.25, -0.2) is 4.79 Å². The standard InChI is InChI=1S/C20H15NO3/c22-18-16-11-10-13-6-4-5-9-15(13)19(16)24-20(23)17(18)12-21-14-7-2-1-3-8-14/h1-11,21-22H,12H2. The van der Waals surface area contributed by atoms with E-state index < -0.39 is 5.63 Å². The van der Waals surface area contributed by atoms with Gasteiger partial charge in [0.1, 0.15) is 11.3 Å². The van der Waals surface area contributed by atoms with E-state index in [0.29, 0.717) is 11.0 Å². The molecule has 4 nitrogen and oxygen atoms in total. The molecule has 0 saturated heterocycles. The number of hydrogen-bond donors (Lipinski definition) is 2. The van der Waals surface area contributed by atoms with Crippen molar-refractivity contribution in [2.24, 2.45) is 0 Å². The minimum atomic E-state index is -0.528. The second-order valence-corrected chi connectivity index (χ2v) is 5.60. The van der Waals surface area contributed by atoms with Crippen molar-refractivity contribution in [3.8, 4) is 5.75 Å². The largest absolute Gasteiger partial charge is 0.507 e. The minimum Gasteiger partial charge on any atom is -0.507 e. The number of fused-ring (bicyclic) bond motifs is 3. The predicted octanol–water partition coefficient (Wildman–Crippen LogP) is 4.26. The summed E-state index contributed by atoms with van der Waals surface area (Å²) >= 11 is 0. The van der Waals surface area contributed by atoms with Crippen LogP contribution in [0.3, 0.4) is 0 Å². The zero-order valence-corrected chi connectivity index (χ0v) is 12.8. The van der Waals surface area contributed by atoms with Gasteiger partial charge in [-0.15, -0.1) is 0 Å². The van der Waals surface area contributed by atoms with Crippen LogP contribution in [-0.4, -0.2) is 5.11 Å². The lowest BCUT2D eigenvalue weighted by Crippen LogP contribution is -2.12. The van der Waals surface area contributed by atoms with Crippen LogP contribution >= 0.6 is 0 Å². The monoisotopic (exact) mass is 317 g/mol. The average Bonchev–Trinajstić information content (AvgIpc) is 2.62. The van der Waals surface area contributed by atoms with Crippen LogP contribution in [0.2, 0.25) is 0 Å². The third-order valence-corrected chi connectivity index (χ3v) is 4.10. The second-order valence-electron chi connectivity index (χ2n) is 5.60. The van der Waals surface area contributed by atoms with E-state index in [1.807, 2.05) is 60.7 Å². The third-order valence-electron chi connectivity index (χ3n) is 4.10. The van der Waals surface area contributed by atoms with Gasteiger partial charge in [0.15, 0.2) is 0 Å². The number of aromatic hydroxyl groups is 1. The van der Waals surface area contributed by atoms with Gasteiger partial charge in [-0.3, -0.25) is 0 Å².